The summed E-state index contributed by atoms with van der Waals surface area (Å²) >= 11 is 6.22. The minimum atomic E-state index is -0.828. The van der Waals surface area contributed by atoms with Crippen LogP contribution in [0.15, 0.2) is 24.3 Å². The van der Waals surface area contributed by atoms with Crippen LogP contribution < -0.4 is 0 Å². The lowest BCUT2D eigenvalue weighted by atomic mass is 10.1. The molecule has 0 saturated heterocycles. The molecule has 0 radical (unpaired) electrons. The zero-order valence-corrected chi connectivity index (χ0v) is 14.6. The van der Waals surface area contributed by atoms with Crippen LogP contribution in [0.4, 0.5) is 0 Å². The Labute approximate surface area is 141 Å². The fraction of sp³-hybridized carbons (Fsp3) is 0.412. The molecule has 23 heavy (non-hydrogen) atoms. The van der Waals surface area contributed by atoms with Crippen LogP contribution in [0, 0.1) is 13.8 Å². The average Bonchev–Trinajstić information content (AvgIpc) is 2.76. The largest absolute Gasteiger partial charge is 0.480 e. The number of carboxylic acid groups (broad SMARTS) is 1. The van der Waals surface area contributed by atoms with E-state index in [4.69, 9.17) is 16.7 Å². The molecule has 0 spiro atoms. The van der Waals surface area contributed by atoms with Gasteiger partial charge in [-0.15, -0.1) is 0 Å². The van der Waals surface area contributed by atoms with Crippen molar-refractivity contribution in [2.75, 3.05) is 7.05 Å². The molecular weight excluding hydrogens is 314 g/mol. The van der Waals surface area contributed by atoms with Crippen molar-refractivity contribution in [3.05, 3.63) is 51.8 Å². The van der Waals surface area contributed by atoms with Crippen molar-refractivity contribution < 1.29 is 9.90 Å². The fourth-order valence-electron chi connectivity index (χ4n) is 2.48. The number of hydrogen-bond acceptors (Lipinski definition) is 3. The number of halogens is 1. The van der Waals surface area contributed by atoms with Crippen molar-refractivity contribution in [2.24, 2.45) is 0 Å². The predicted octanol–water partition coefficient (Wildman–Crippen LogP) is 3.11. The second-order valence-corrected chi connectivity index (χ2v) is 6.23. The molecule has 2 rings (SSSR count). The normalized spacial score (nSPS) is 12.6. The van der Waals surface area contributed by atoms with Crippen LogP contribution in [0.3, 0.4) is 0 Å². The van der Waals surface area contributed by atoms with Crippen molar-refractivity contribution in [1.29, 1.82) is 0 Å². The molecule has 0 aliphatic heterocycles. The molecule has 0 unspecified atom stereocenters. The van der Waals surface area contributed by atoms with E-state index in [2.05, 4.69) is 5.10 Å². The van der Waals surface area contributed by atoms with Gasteiger partial charge >= 0.3 is 5.97 Å². The van der Waals surface area contributed by atoms with E-state index in [-0.39, 0.29) is 0 Å². The predicted molar refractivity (Wildman–Crippen MR) is 90.8 cm³/mol. The number of nitrogens with zero attached hydrogens (tertiary/aromatic N) is 3. The highest BCUT2D eigenvalue weighted by atomic mass is 35.5. The first kappa shape index (κ1) is 17.5. The minimum Gasteiger partial charge on any atom is -0.480 e. The number of aryl methyl sites for hydroxylation is 1. The maximum absolute atomic E-state index is 11.1. The summed E-state index contributed by atoms with van der Waals surface area (Å²) in [5.74, 6) is -0.828. The molecule has 0 amide bonds. The highest BCUT2D eigenvalue weighted by Gasteiger charge is 2.20. The van der Waals surface area contributed by atoms with Crippen molar-refractivity contribution in [3.63, 3.8) is 0 Å². The van der Waals surface area contributed by atoms with Crippen LogP contribution >= 0.6 is 11.6 Å². The molecule has 1 N–H and O–H groups in total. The third kappa shape index (κ3) is 3.92. The highest BCUT2D eigenvalue weighted by Crippen LogP contribution is 2.20. The number of aromatic nitrogens is 2. The highest BCUT2D eigenvalue weighted by molar-refractivity contribution is 6.31. The molecule has 1 atom stereocenters. The van der Waals surface area contributed by atoms with E-state index in [9.17, 15) is 4.79 Å². The topological polar surface area (TPSA) is 58.4 Å². The van der Waals surface area contributed by atoms with E-state index in [0.29, 0.717) is 13.1 Å². The van der Waals surface area contributed by atoms with Gasteiger partial charge in [-0.1, -0.05) is 29.8 Å². The Morgan fingerprint density at radius 3 is 2.65 bits per heavy atom. The molecule has 5 nitrogen and oxygen atoms in total. The van der Waals surface area contributed by atoms with Crippen LogP contribution in [0.5, 0.6) is 0 Å². The zero-order chi connectivity index (χ0) is 17.1. The molecule has 0 aliphatic rings. The van der Waals surface area contributed by atoms with Gasteiger partial charge in [0.05, 0.1) is 12.2 Å². The Hall–Kier alpha value is -1.85. The monoisotopic (exact) mass is 335 g/mol. The summed E-state index contributed by atoms with van der Waals surface area (Å²) in [5, 5.41) is 14.4. The Kier molecular flexibility index (Phi) is 5.44. The van der Waals surface area contributed by atoms with Crippen molar-refractivity contribution >= 4 is 17.6 Å². The van der Waals surface area contributed by atoms with E-state index < -0.39 is 12.0 Å². The summed E-state index contributed by atoms with van der Waals surface area (Å²) in [4.78, 5) is 12.9. The lowest BCUT2D eigenvalue weighted by Gasteiger charge is -2.21. The van der Waals surface area contributed by atoms with Gasteiger partial charge in [-0.25, -0.2) is 0 Å². The Morgan fingerprint density at radius 2 is 2.04 bits per heavy atom. The van der Waals surface area contributed by atoms with Crippen molar-refractivity contribution in [2.45, 2.75) is 39.9 Å². The van der Waals surface area contributed by atoms with Crippen LogP contribution in [0.1, 0.15) is 29.4 Å². The van der Waals surface area contributed by atoms with Gasteiger partial charge in [0.15, 0.2) is 0 Å². The molecule has 0 saturated carbocycles. The molecule has 0 bridgehead atoms. The third-order valence-electron chi connectivity index (χ3n) is 4.24. The molecule has 2 aromatic rings. The summed E-state index contributed by atoms with van der Waals surface area (Å²) in [6, 6.07) is 7.17. The molecule has 0 fully saturated rings. The first-order chi connectivity index (χ1) is 10.8. The number of rotatable bonds is 6. The van der Waals surface area contributed by atoms with Gasteiger partial charge in [0.25, 0.3) is 0 Å². The molecule has 0 aliphatic carbocycles. The molecule has 1 aromatic heterocycles. The average molecular weight is 336 g/mol. The molecule has 1 heterocycles. The van der Waals surface area contributed by atoms with Crippen LogP contribution in [0.25, 0.3) is 0 Å². The maximum atomic E-state index is 11.1. The van der Waals surface area contributed by atoms with Gasteiger partial charge in [0.2, 0.25) is 0 Å². The van der Waals surface area contributed by atoms with E-state index in [0.717, 1.165) is 27.5 Å². The number of carbonyl (C=O) groups is 1. The first-order valence-electron chi connectivity index (χ1n) is 7.50. The second kappa shape index (κ2) is 7.15. The van der Waals surface area contributed by atoms with E-state index >= 15 is 0 Å². The maximum Gasteiger partial charge on any atom is 0.320 e. The summed E-state index contributed by atoms with van der Waals surface area (Å²) in [7, 11) is 1.81. The number of benzene rings is 1. The van der Waals surface area contributed by atoms with Crippen LogP contribution in [-0.2, 0) is 17.9 Å². The molecule has 124 valence electrons. The van der Waals surface area contributed by atoms with Gasteiger partial charge in [-0.3, -0.25) is 14.4 Å². The number of carboxylic acids is 1. The third-order valence-corrected chi connectivity index (χ3v) is 4.60. The van der Waals surface area contributed by atoms with E-state index in [1.807, 2.05) is 49.8 Å². The number of hydrogen-bond donors (Lipinski definition) is 1. The molecular formula is C17H22ClN3O2. The number of likely N-dealkylation sites (N-methyl/N-ethyl adjacent to an activating group) is 1. The molecule has 6 heteroatoms. The lowest BCUT2D eigenvalue weighted by Crippen LogP contribution is -2.35. The Morgan fingerprint density at radius 1 is 1.39 bits per heavy atom. The Balaban J connectivity index is 2.23. The smallest absolute Gasteiger partial charge is 0.320 e. The molecule has 1 aromatic carbocycles. The van der Waals surface area contributed by atoms with Gasteiger partial charge in [-0.05, 0) is 39.4 Å². The summed E-state index contributed by atoms with van der Waals surface area (Å²) < 4.78 is 1.92. The summed E-state index contributed by atoms with van der Waals surface area (Å²) in [6.07, 6.45) is 0. The van der Waals surface area contributed by atoms with Gasteiger partial charge in [0, 0.05) is 22.8 Å². The zero-order valence-electron chi connectivity index (χ0n) is 13.9. The summed E-state index contributed by atoms with van der Waals surface area (Å²) in [6.45, 7) is 6.79. The van der Waals surface area contributed by atoms with Gasteiger partial charge < -0.3 is 5.11 Å². The standard InChI is InChI=1S/C17H22ClN3O2/c1-11-15(10-20(4)13(3)17(22)23)12(2)21(19-11)9-14-7-5-6-8-16(14)18/h5-8,13H,9-10H2,1-4H3,(H,22,23)/t13-/m0/s1. The van der Waals surface area contributed by atoms with E-state index in [1.165, 1.54) is 0 Å². The van der Waals surface area contributed by atoms with Crippen molar-refractivity contribution in [1.82, 2.24) is 14.7 Å². The quantitative estimate of drug-likeness (QED) is 0.881. The van der Waals surface area contributed by atoms with Crippen LogP contribution in [0.2, 0.25) is 5.02 Å². The first-order valence-corrected chi connectivity index (χ1v) is 7.88. The van der Waals surface area contributed by atoms with Gasteiger partial charge in [-0.2, -0.15) is 5.10 Å². The fourth-order valence-corrected chi connectivity index (χ4v) is 2.68. The van der Waals surface area contributed by atoms with E-state index in [1.54, 1.807) is 11.8 Å². The second-order valence-electron chi connectivity index (χ2n) is 5.83. The van der Waals surface area contributed by atoms with Crippen molar-refractivity contribution in [3.8, 4) is 0 Å². The lowest BCUT2D eigenvalue weighted by molar-refractivity contribution is -0.142. The SMILES string of the molecule is Cc1nn(Cc2ccccc2Cl)c(C)c1CN(C)[C@@H](C)C(=O)O. The minimum absolute atomic E-state index is 0.541. The number of aliphatic carboxylic acids is 1. The van der Waals surface area contributed by atoms with Crippen LogP contribution in [-0.4, -0.2) is 38.8 Å². The summed E-state index contributed by atoms with van der Waals surface area (Å²) in [5.41, 5.74) is 4.03. The Bertz CT molecular complexity index is 712. The van der Waals surface area contributed by atoms with Gasteiger partial charge in [0.1, 0.15) is 6.04 Å².